The monoisotopic (exact) mass is 411 g/mol. The fourth-order valence-corrected chi connectivity index (χ4v) is 3.31. The highest BCUT2D eigenvalue weighted by molar-refractivity contribution is 7.84. The van der Waals surface area contributed by atoms with E-state index in [2.05, 4.69) is 82.8 Å². The Morgan fingerprint density at radius 3 is 2.82 bits per heavy atom. The molecule has 0 aliphatic heterocycles. The van der Waals surface area contributed by atoms with Crippen molar-refractivity contribution in [3.8, 4) is 0 Å². The summed E-state index contributed by atoms with van der Waals surface area (Å²) in [6, 6.07) is 4.12. The fraction of sp³-hybridized carbons (Fsp3) is 0.304. The van der Waals surface area contributed by atoms with Gasteiger partial charge >= 0.3 is 0 Å². The molecule has 28 heavy (non-hydrogen) atoms. The summed E-state index contributed by atoms with van der Waals surface area (Å²) in [6.45, 7) is 6.29. The minimum atomic E-state index is 0.0493. The number of hydrogen-bond acceptors (Lipinski definition) is 4. The average molecular weight is 412 g/mol. The fourth-order valence-electron chi connectivity index (χ4n) is 2.85. The van der Waals surface area contributed by atoms with Crippen molar-refractivity contribution in [2.24, 2.45) is 4.99 Å². The van der Waals surface area contributed by atoms with Gasteiger partial charge in [-0.1, -0.05) is 46.5 Å². The summed E-state index contributed by atoms with van der Waals surface area (Å²) >= 11 is 4.76. The summed E-state index contributed by atoms with van der Waals surface area (Å²) in [5.74, 6) is 0. The molecule has 0 aromatic carbocycles. The predicted octanol–water partition coefficient (Wildman–Crippen LogP) is 5.24. The molecule has 0 saturated heterocycles. The van der Waals surface area contributed by atoms with Crippen LogP contribution in [0, 0.1) is 0 Å². The molecule has 0 bridgehead atoms. The van der Waals surface area contributed by atoms with Crippen molar-refractivity contribution in [2.45, 2.75) is 39.7 Å². The van der Waals surface area contributed by atoms with Crippen LogP contribution in [-0.4, -0.2) is 17.7 Å². The molecule has 0 amide bonds. The van der Waals surface area contributed by atoms with Gasteiger partial charge in [0.1, 0.15) is 0 Å². The molecule has 2 rings (SSSR count). The predicted molar refractivity (Wildman–Crippen MR) is 130 cm³/mol. The number of allylic oxidation sites excluding steroid dienone is 8. The van der Waals surface area contributed by atoms with E-state index in [-0.39, 0.29) is 6.04 Å². The van der Waals surface area contributed by atoms with Crippen LogP contribution in [0.25, 0.3) is 0 Å². The minimum absolute atomic E-state index is 0.0493. The Kier molecular flexibility index (Phi) is 8.95. The summed E-state index contributed by atoms with van der Waals surface area (Å²) in [4.78, 5) is 10.2. The summed E-state index contributed by atoms with van der Waals surface area (Å²) in [7, 11) is 4.56. The number of nitrogens with zero attached hydrogens (tertiary/aromatic N) is 2. The molecule has 1 heterocycles. The number of rotatable bonds is 7. The number of hydrogen-bond donors (Lipinski definition) is 2. The van der Waals surface area contributed by atoms with Crippen LogP contribution in [0.15, 0.2) is 81.5 Å². The topological polar surface area (TPSA) is 37.3 Å². The molecule has 3 nitrogen and oxygen atoms in total. The van der Waals surface area contributed by atoms with Crippen LogP contribution in [0.1, 0.15) is 45.2 Å². The summed E-state index contributed by atoms with van der Waals surface area (Å²) in [5, 5.41) is 3.21. The zero-order chi connectivity index (χ0) is 20.5. The van der Waals surface area contributed by atoms with E-state index < -0.39 is 0 Å². The van der Waals surface area contributed by atoms with Crippen molar-refractivity contribution in [1.29, 1.82) is 0 Å². The first kappa shape index (κ1) is 22.4. The van der Waals surface area contributed by atoms with Crippen molar-refractivity contribution >= 4 is 33.0 Å². The Hall–Kier alpha value is -1.90. The van der Waals surface area contributed by atoms with Gasteiger partial charge in [0.15, 0.2) is 0 Å². The lowest BCUT2D eigenvalue weighted by molar-refractivity contribution is 0.814. The van der Waals surface area contributed by atoms with E-state index in [0.717, 1.165) is 45.6 Å². The van der Waals surface area contributed by atoms with Gasteiger partial charge in [0, 0.05) is 36.0 Å². The Morgan fingerprint density at radius 2 is 2.18 bits per heavy atom. The number of nitrogens with one attached hydrogen (secondary N) is 1. The largest absolute Gasteiger partial charge is 0.391 e. The van der Waals surface area contributed by atoms with Crippen molar-refractivity contribution in [3.05, 3.63) is 82.1 Å². The standard InChI is InChI=1S/C23H30N3PS/c1-5-7-19(14-22(28)18-8-6-9-21(24-4)12-10-18)16(2)26-17(3)20-11-13-23(27)25-15-20/h6-8,10-15,17,24,28H,5,9,27H2,1-4H3/b19-7-,22-14-,26-16-. The van der Waals surface area contributed by atoms with Gasteiger partial charge in [0.05, 0.1) is 11.5 Å². The number of pyridine rings is 1. The van der Waals surface area contributed by atoms with Crippen molar-refractivity contribution in [1.82, 2.24) is 10.3 Å². The molecule has 148 valence electrons. The smallest absolute Gasteiger partial charge is 0.0739 e. The van der Waals surface area contributed by atoms with E-state index in [0.29, 0.717) is 0 Å². The highest BCUT2D eigenvalue weighted by Crippen LogP contribution is 2.23. The Labute approximate surface area is 177 Å². The molecular formula is C23H30N3PS. The third-order valence-electron chi connectivity index (χ3n) is 4.53. The van der Waals surface area contributed by atoms with Gasteiger partial charge in [-0.25, -0.2) is 0 Å². The zero-order valence-corrected chi connectivity index (χ0v) is 19.2. The van der Waals surface area contributed by atoms with Crippen LogP contribution in [0.5, 0.6) is 0 Å². The molecular weight excluding hydrogens is 381 g/mol. The maximum atomic E-state index is 4.90. The normalized spacial score (nSPS) is 17.0. The van der Waals surface area contributed by atoms with E-state index in [1.54, 1.807) is 0 Å². The molecule has 1 aliphatic carbocycles. The molecule has 1 N–H and O–H groups in total. The average Bonchev–Trinajstić information content (AvgIpc) is 2.93. The number of thiol groups is 1. The van der Waals surface area contributed by atoms with Crippen LogP contribution in [-0.2, 0) is 0 Å². The third-order valence-corrected chi connectivity index (χ3v) is 5.26. The summed E-state index contributed by atoms with van der Waals surface area (Å²) in [6.07, 6.45) is 16.5. The molecule has 5 heteroatoms. The molecule has 1 aromatic rings. The maximum Gasteiger partial charge on any atom is 0.0739 e. The van der Waals surface area contributed by atoms with E-state index in [1.165, 1.54) is 5.70 Å². The van der Waals surface area contributed by atoms with Crippen molar-refractivity contribution in [3.63, 3.8) is 0 Å². The number of aliphatic imine (C=N–C) groups is 1. The second-order valence-electron chi connectivity index (χ2n) is 6.67. The van der Waals surface area contributed by atoms with Gasteiger partial charge in [-0.05, 0) is 55.2 Å². The first-order valence-corrected chi connectivity index (χ1v) is 10.6. The molecule has 2 atom stereocenters. The molecule has 2 unspecified atom stereocenters. The van der Waals surface area contributed by atoms with Gasteiger partial charge in [-0.3, -0.25) is 9.98 Å². The highest BCUT2D eigenvalue weighted by Gasteiger charge is 2.08. The second-order valence-corrected chi connectivity index (χ2v) is 7.75. The van der Waals surface area contributed by atoms with Crippen LogP contribution in [0.2, 0.25) is 0 Å². The van der Waals surface area contributed by atoms with Gasteiger partial charge in [0.2, 0.25) is 0 Å². The molecule has 0 fully saturated rings. The Bertz CT molecular complexity index is 858. The zero-order valence-electron chi connectivity index (χ0n) is 17.1. The molecule has 0 saturated carbocycles. The quantitative estimate of drug-likeness (QED) is 0.279. The third kappa shape index (κ3) is 6.61. The van der Waals surface area contributed by atoms with E-state index in [9.17, 15) is 0 Å². The summed E-state index contributed by atoms with van der Waals surface area (Å²) in [5.41, 5.74) is 6.43. The highest BCUT2D eigenvalue weighted by atomic mass is 32.1. The van der Waals surface area contributed by atoms with Gasteiger partial charge in [0.25, 0.3) is 0 Å². The van der Waals surface area contributed by atoms with Crippen LogP contribution in [0.3, 0.4) is 0 Å². The minimum Gasteiger partial charge on any atom is -0.391 e. The van der Waals surface area contributed by atoms with E-state index in [1.807, 2.05) is 19.3 Å². The lowest BCUT2D eigenvalue weighted by Gasteiger charge is -2.11. The molecule has 1 aliphatic rings. The van der Waals surface area contributed by atoms with Crippen LogP contribution in [0.4, 0.5) is 0 Å². The number of aromatic nitrogens is 1. The van der Waals surface area contributed by atoms with Crippen molar-refractivity contribution in [2.75, 3.05) is 7.05 Å². The first-order chi connectivity index (χ1) is 13.4. The van der Waals surface area contributed by atoms with Gasteiger partial charge in [-0.2, -0.15) is 0 Å². The lowest BCUT2D eigenvalue weighted by atomic mass is 10.1. The van der Waals surface area contributed by atoms with Gasteiger partial charge < -0.3 is 5.32 Å². The molecule has 1 aromatic heterocycles. The summed E-state index contributed by atoms with van der Waals surface area (Å²) < 4.78 is 0. The lowest BCUT2D eigenvalue weighted by Crippen LogP contribution is -2.03. The van der Waals surface area contributed by atoms with Crippen LogP contribution < -0.4 is 10.8 Å². The maximum absolute atomic E-state index is 4.90. The van der Waals surface area contributed by atoms with Crippen molar-refractivity contribution < 1.29 is 0 Å². The molecule has 0 radical (unpaired) electrons. The van der Waals surface area contributed by atoms with Crippen LogP contribution >= 0.6 is 21.9 Å². The van der Waals surface area contributed by atoms with E-state index in [4.69, 9.17) is 17.6 Å². The molecule has 0 spiro atoms. The Morgan fingerprint density at radius 1 is 1.39 bits per heavy atom. The second kappa shape index (κ2) is 11.2. The Balaban J connectivity index is 2.27. The van der Waals surface area contributed by atoms with Gasteiger partial charge in [-0.15, -0.1) is 12.6 Å². The van der Waals surface area contributed by atoms with E-state index >= 15 is 0 Å². The first-order valence-electron chi connectivity index (χ1n) is 9.57. The SMILES string of the molecule is CC/C=C(/C=C(\S)C1=CC=C(NC)CC=C1)C(\C)=N/C(C)c1ccc(P)nc1.